The first-order valence-corrected chi connectivity index (χ1v) is 7.43. The number of nitrogens with zero attached hydrogens (tertiary/aromatic N) is 2. The maximum absolute atomic E-state index is 11.7. The van der Waals surface area contributed by atoms with Crippen LogP contribution in [0.15, 0.2) is 12.2 Å². The lowest BCUT2D eigenvalue weighted by Gasteiger charge is -2.27. The highest BCUT2D eigenvalue weighted by Crippen LogP contribution is 2.07. The molecule has 0 radical (unpaired) electrons. The van der Waals surface area contributed by atoms with Gasteiger partial charge in [0.25, 0.3) is 11.8 Å². The maximum atomic E-state index is 11.7. The van der Waals surface area contributed by atoms with Crippen LogP contribution in [0.5, 0.6) is 0 Å². The molecule has 2 amide bonds. The number of carbonyl (C=O) groups excluding carboxylic acids is 3. The zero-order valence-corrected chi connectivity index (χ0v) is 12.1. The number of ketones is 1. The van der Waals surface area contributed by atoms with Gasteiger partial charge in [-0.1, -0.05) is 0 Å². The predicted molar refractivity (Wildman–Crippen MR) is 68.9 cm³/mol. The second kappa shape index (κ2) is 5.81. The van der Waals surface area contributed by atoms with Crippen LogP contribution in [0.3, 0.4) is 0 Å². The highest BCUT2D eigenvalue weighted by atomic mass is 32.2. The van der Waals surface area contributed by atoms with Crippen LogP contribution < -0.4 is 0 Å². The average molecular weight is 305 g/mol. The molecule has 9 heteroatoms. The fourth-order valence-electron chi connectivity index (χ4n) is 1.78. The first-order chi connectivity index (χ1) is 9.00. The summed E-state index contributed by atoms with van der Waals surface area (Å²) in [6, 6.07) is 0. The summed E-state index contributed by atoms with van der Waals surface area (Å²) in [5.41, 5.74) is 0. The SMILES string of the molecule is C[N+](C)(CCC(=O)CN1C(=O)C=CC1=O)CS(=O)(=O)O. The minimum Gasteiger partial charge on any atom is -0.314 e. The van der Waals surface area contributed by atoms with Crippen LogP contribution in [0.4, 0.5) is 0 Å². The van der Waals surface area contributed by atoms with Gasteiger partial charge in [-0.15, -0.1) is 0 Å². The molecule has 1 rings (SSSR count). The zero-order chi connectivity index (χ0) is 15.6. The fraction of sp³-hybridized carbons (Fsp3) is 0.545. The van der Waals surface area contributed by atoms with Gasteiger partial charge in [-0.2, -0.15) is 8.42 Å². The van der Waals surface area contributed by atoms with Crippen LogP contribution in [0.2, 0.25) is 0 Å². The van der Waals surface area contributed by atoms with E-state index in [1.54, 1.807) is 14.1 Å². The Morgan fingerprint density at radius 2 is 1.75 bits per heavy atom. The molecule has 0 atom stereocenters. The minimum absolute atomic E-state index is 0.000417. The zero-order valence-electron chi connectivity index (χ0n) is 11.3. The summed E-state index contributed by atoms with van der Waals surface area (Å²) in [5, 5.41) is 0. The molecule has 0 spiro atoms. The molecule has 0 aliphatic carbocycles. The molecule has 0 saturated carbocycles. The molecule has 1 N–H and O–H groups in total. The van der Waals surface area contributed by atoms with Crippen LogP contribution in [0.25, 0.3) is 0 Å². The molecule has 1 aliphatic rings. The van der Waals surface area contributed by atoms with Gasteiger partial charge in [-0.05, 0) is 0 Å². The quantitative estimate of drug-likeness (QED) is 0.359. The Labute approximate surface area is 117 Å². The highest BCUT2D eigenvalue weighted by Gasteiger charge is 2.28. The topological polar surface area (TPSA) is 109 Å². The molecule has 1 heterocycles. The van der Waals surface area contributed by atoms with E-state index in [1.165, 1.54) is 0 Å². The van der Waals surface area contributed by atoms with Crippen molar-refractivity contribution in [3.05, 3.63) is 12.2 Å². The molecule has 0 aromatic rings. The van der Waals surface area contributed by atoms with Crippen LogP contribution >= 0.6 is 0 Å². The van der Waals surface area contributed by atoms with Gasteiger partial charge < -0.3 is 4.48 Å². The molecule has 112 valence electrons. The standard InChI is InChI=1S/C11H16N2O6S/c1-13(2,8-20(17,18)19)6-5-9(14)7-12-10(15)3-4-11(12)16/h3-4H,5-8H2,1-2H3/p+1. The smallest absolute Gasteiger partial charge is 0.314 e. The summed E-state index contributed by atoms with van der Waals surface area (Å²) in [6.07, 6.45) is 2.18. The van der Waals surface area contributed by atoms with E-state index in [0.717, 1.165) is 17.1 Å². The number of Topliss-reactive ketones (excluding diaryl/α,β-unsaturated/α-hetero) is 1. The Kier molecular flexibility index (Phi) is 4.79. The normalized spacial score (nSPS) is 16.1. The monoisotopic (exact) mass is 305 g/mol. The van der Waals surface area contributed by atoms with Crippen molar-refractivity contribution in [2.24, 2.45) is 0 Å². The van der Waals surface area contributed by atoms with Crippen LogP contribution in [0, 0.1) is 0 Å². The first kappa shape index (κ1) is 16.5. The van der Waals surface area contributed by atoms with E-state index >= 15 is 0 Å². The van der Waals surface area contributed by atoms with Gasteiger partial charge in [0, 0.05) is 12.2 Å². The number of quaternary nitrogens is 1. The van der Waals surface area contributed by atoms with Gasteiger partial charge in [0.1, 0.15) is 0 Å². The van der Waals surface area contributed by atoms with E-state index in [9.17, 15) is 22.8 Å². The van der Waals surface area contributed by atoms with Crippen molar-refractivity contribution in [2.45, 2.75) is 6.42 Å². The van der Waals surface area contributed by atoms with Crippen molar-refractivity contribution in [3.8, 4) is 0 Å². The van der Waals surface area contributed by atoms with E-state index in [1.807, 2.05) is 0 Å². The van der Waals surface area contributed by atoms with E-state index in [4.69, 9.17) is 4.55 Å². The number of hydrogen-bond acceptors (Lipinski definition) is 5. The Hall–Kier alpha value is -1.58. The average Bonchev–Trinajstić information content (AvgIpc) is 2.55. The first-order valence-electron chi connectivity index (χ1n) is 5.83. The molecule has 1 aliphatic heterocycles. The number of rotatable bonds is 7. The minimum atomic E-state index is -4.14. The van der Waals surface area contributed by atoms with Crippen molar-refractivity contribution in [2.75, 3.05) is 33.1 Å². The number of hydrogen-bond donors (Lipinski definition) is 1. The van der Waals surface area contributed by atoms with Crippen molar-refractivity contribution in [1.82, 2.24) is 4.90 Å². The molecule has 0 bridgehead atoms. The summed E-state index contributed by atoms with van der Waals surface area (Å²) in [7, 11) is -1.04. The molecule has 0 aromatic heterocycles. The third-order valence-corrected chi connectivity index (χ3v) is 3.77. The molecule has 20 heavy (non-hydrogen) atoms. The summed E-state index contributed by atoms with van der Waals surface area (Å²) >= 11 is 0. The van der Waals surface area contributed by atoms with Crippen LogP contribution in [-0.4, -0.2) is 73.0 Å². The maximum Gasteiger partial charge on any atom is 0.316 e. The summed E-state index contributed by atoms with van der Waals surface area (Å²) in [6.45, 7) is -0.154. The summed E-state index contributed by atoms with van der Waals surface area (Å²) < 4.78 is 30.3. The fourth-order valence-corrected chi connectivity index (χ4v) is 2.79. The van der Waals surface area contributed by atoms with Crippen LogP contribution in [-0.2, 0) is 24.5 Å². The molecular weight excluding hydrogens is 288 g/mol. The van der Waals surface area contributed by atoms with Gasteiger partial charge in [-0.25, -0.2) is 0 Å². The van der Waals surface area contributed by atoms with Crippen molar-refractivity contribution in [3.63, 3.8) is 0 Å². The lowest BCUT2D eigenvalue weighted by molar-refractivity contribution is -0.878. The van der Waals surface area contributed by atoms with Gasteiger partial charge in [-0.3, -0.25) is 23.8 Å². The molecule has 0 aromatic carbocycles. The van der Waals surface area contributed by atoms with Gasteiger partial charge in [0.2, 0.25) is 5.88 Å². The van der Waals surface area contributed by atoms with Crippen molar-refractivity contribution in [1.29, 1.82) is 0 Å². The summed E-state index contributed by atoms with van der Waals surface area (Å²) in [4.78, 5) is 35.0. The number of carbonyl (C=O) groups is 3. The molecule has 0 fully saturated rings. The van der Waals surface area contributed by atoms with Gasteiger partial charge >= 0.3 is 10.1 Å². The van der Waals surface area contributed by atoms with E-state index in [2.05, 4.69) is 0 Å². The lowest BCUT2D eigenvalue weighted by atomic mass is 10.2. The summed E-state index contributed by atoms with van der Waals surface area (Å²) in [5.74, 6) is -1.93. The second-order valence-corrected chi connectivity index (χ2v) is 6.68. The highest BCUT2D eigenvalue weighted by molar-refractivity contribution is 7.85. The lowest BCUT2D eigenvalue weighted by Crippen LogP contribution is -2.45. The van der Waals surface area contributed by atoms with Crippen LogP contribution in [0.1, 0.15) is 6.42 Å². The Morgan fingerprint density at radius 1 is 1.25 bits per heavy atom. The molecule has 0 unspecified atom stereocenters. The molecule has 8 nitrogen and oxygen atoms in total. The van der Waals surface area contributed by atoms with E-state index < -0.39 is 27.8 Å². The Balaban J connectivity index is 2.48. The predicted octanol–water partition coefficient (Wildman–Crippen LogP) is -1.21. The second-order valence-electron chi connectivity index (χ2n) is 5.25. The van der Waals surface area contributed by atoms with Gasteiger partial charge in [0.15, 0.2) is 5.78 Å². The molecule has 0 saturated heterocycles. The largest absolute Gasteiger partial charge is 0.316 e. The van der Waals surface area contributed by atoms with Gasteiger partial charge in [0.05, 0.1) is 33.6 Å². The van der Waals surface area contributed by atoms with E-state index in [-0.39, 0.29) is 29.8 Å². The molecular formula is C11H17N2O6S+. The van der Waals surface area contributed by atoms with E-state index in [0.29, 0.717) is 0 Å². The Morgan fingerprint density at radius 3 is 2.20 bits per heavy atom. The third-order valence-electron chi connectivity index (χ3n) is 2.74. The number of imide groups is 1. The van der Waals surface area contributed by atoms with Crippen molar-refractivity contribution >= 4 is 27.7 Å². The van der Waals surface area contributed by atoms with Crippen molar-refractivity contribution < 1.29 is 31.8 Å². The number of amides is 2. The Bertz CT molecular complexity index is 545. The third kappa shape index (κ3) is 5.19.